The van der Waals surface area contributed by atoms with Crippen LogP contribution in [0.4, 0.5) is 14.5 Å². The number of anilines is 1. The van der Waals surface area contributed by atoms with Crippen LogP contribution >= 0.6 is 0 Å². The van der Waals surface area contributed by atoms with E-state index in [0.29, 0.717) is 51.3 Å². The van der Waals surface area contributed by atoms with Crippen LogP contribution in [0.5, 0.6) is 11.5 Å². The number of aryl methyl sites for hydroxylation is 1. The fourth-order valence-corrected chi connectivity index (χ4v) is 3.99. The number of fused-ring (bicyclic) bond motifs is 3. The van der Waals surface area contributed by atoms with E-state index in [1.54, 1.807) is 31.2 Å². The van der Waals surface area contributed by atoms with E-state index in [0.717, 1.165) is 0 Å². The molecule has 0 amide bonds. The molecule has 8 nitrogen and oxygen atoms in total. The minimum atomic E-state index is -1.29. The van der Waals surface area contributed by atoms with Crippen molar-refractivity contribution in [3.8, 4) is 28.8 Å². The van der Waals surface area contributed by atoms with Crippen molar-refractivity contribution in [1.82, 2.24) is 15.0 Å². The fraction of sp³-hybridized carbons (Fsp3) is 0.269. The van der Waals surface area contributed by atoms with Gasteiger partial charge in [-0.1, -0.05) is 6.08 Å². The molecule has 1 atom stereocenters. The quantitative estimate of drug-likeness (QED) is 0.314. The maximum Gasteiger partial charge on any atom is 0.174 e. The van der Waals surface area contributed by atoms with Crippen LogP contribution in [0.2, 0.25) is 0 Å². The number of rotatable bonds is 10. The van der Waals surface area contributed by atoms with E-state index in [9.17, 15) is 13.9 Å². The highest BCUT2D eigenvalue weighted by atomic mass is 19.1. The second-order valence-corrected chi connectivity index (χ2v) is 8.21. The van der Waals surface area contributed by atoms with E-state index >= 15 is 0 Å². The number of hydrogen-bond acceptors (Lipinski definition) is 7. The predicted octanol–water partition coefficient (Wildman–Crippen LogP) is 4.46. The lowest BCUT2D eigenvalue weighted by molar-refractivity contribution is 0.0827. The monoisotopic (exact) mass is 493 g/mol. The lowest BCUT2D eigenvalue weighted by Crippen LogP contribution is -2.19. The van der Waals surface area contributed by atoms with Gasteiger partial charge in [0.2, 0.25) is 0 Å². The van der Waals surface area contributed by atoms with Crippen LogP contribution in [0.15, 0.2) is 43.0 Å². The number of aromatic amines is 1. The lowest BCUT2D eigenvalue weighted by Gasteiger charge is -2.18. The zero-order valence-corrected chi connectivity index (χ0v) is 19.9. The molecule has 0 aliphatic rings. The summed E-state index contributed by atoms with van der Waals surface area (Å²) in [6, 6.07) is 9.74. The summed E-state index contributed by atoms with van der Waals surface area (Å²) in [7, 11) is 1.84. The molecule has 0 spiro atoms. The van der Waals surface area contributed by atoms with Crippen molar-refractivity contribution in [2.45, 2.75) is 13.0 Å². The van der Waals surface area contributed by atoms with Crippen LogP contribution in [0.1, 0.15) is 5.82 Å². The third-order valence-corrected chi connectivity index (χ3v) is 5.55. The maximum atomic E-state index is 14.7. The number of benzene rings is 2. The van der Waals surface area contributed by atoms with Crippen LogP contribution < -0.4 is 14.4 Å². The van der Waals surface area contributed by atoms with Gasteiger partial charge in [-0.05, 0) is 37.3 Å². The van der Waals surface area contributed by atoms with E-state index in [1.165, 1.54) is 12.1 Å². The highest BCUT2D eigenvalue weighted by Crippen LogP contribution is 2.39. The second-order valence-electron chi connectivity index (χ2n) is 8.21. The lowest BCUT2D eigenvalue weighted by atomic mass is 10.0. The number of H-pyrrole nitrogens is 1. The fourth-order valence-electron chi connectivity index (χ4n) is 3.99. The molecule has 0 radical (unpaired) electrons. The molecular formula is C26H25F2N5O3. The first-order valence-electron chi connectivity index (χ1n) is 11.2. The molecule has 2 heterocycles. The molecule has 2 aromatic heterocycles. The Hall–Kier alpha value is -4.23. The van der Waals surface area contributed by atoms with Gasteiger partial charge >= 0.3 is 0 Å². The van der Waals surface area contributed by atoms with Gasteiger partial charge in [-0.15, -0.1) is 6.58 Å². The molecule has 4 rings (SSSR count). The van der Waals surface area contributed by atoms with E-state index in [4.69, 9.17) is 14.7 Å². The number of halogens is 2. The van der Waals surface area contributed by atoms with E-state index < -0.39 is 18.6 Å². The Balaban J connectivity index is 1.90. The van der Waals surface area contributed by atoms with Crippen LogP contribution in [0, 0.1) is 24.1 Å². The van der Waals surface area contributed by atoms with Crippen molar-refractivity contribution in [2.75, 3.05) is 38.4 Å². The molecule has 0 bridgehead atoms. The number of nitrogens with one attached hydrogen (secondary N) is 1. The van der Waals surface area contributed by atoms with Crippen molar-refractivity contribution in [3.63, 3.8) is 0 Å². The van der Waals surface area contributed by atoms with E-state index in [2.05, 4.69) is 21.5 Å². The van der Waals surface area contributed by atoms with Gasteiger partial charge in [0.05, 0.1) is 22.3 Å². The third kappa shape index (κ3) is 4.92. The normalized spacial score (nSPS) is 11.9. The molecule has 10 heteroatoms. The average molecular weight is 494 g/mol. The molecule has 1 unspecified atom stereocenters. The first-order valence-corrected chi connectivity index (χ1v) is 11.2. The van der Waals surface area contributed by atoms with Crippen molar-refractivity contribution >= 4 is 27.6 Å². The van der Waals surface area contributed by atoms with Gasteiger partial charge in [0.25, 0.3) is 0 Å². The summed E-state index contributed by atoms with van der Waals surface area (Å²) in [6.07, 6.45) is 0.445. The molecule has 0 aliphatic carbocycles. The average Bonchev–Trinajstić information content (AvgIpc) is 3.23. The molecule has 2 N–H and O–H groups in total. The molecule has 2 aromatic carbocycles. The molecular weight excluding hydrogens is 468 g/mol. The predicted molar refractivity (Wildman–Crippen MR) is 134 cm³/mol. The summed E-state index contributed by atoms with van der Waals surface area (Å²) in [5.74, 6) is 0.550. The number of nitrogens with zero attached hydrogens (tertiary/aromatic N) is 4. The molecule has 0 saturated carbocycles. The largest absolute Gasteiger partial charge is 0.487 e. The van der Waals surface area contributed by atoms with Crippen molar-refractivity contribution in [3.05, 3.63) is 54.6 Å². The van der Waals surface area contributed by atoms with Gasteiger partial charge in [0.15, 0.2) is 18.1 Å². The number of hydrogen-bond donors (Lipinski definition) is 2. The summed E-state index contributed by atoms with van der Waals surface area (Å²) in [5.41, 5.74) is 3.04. The molecule has 0 fully saturated rings. The first-order chi connectivity index (χ1) is 17.4. The van der Waals surface area contributed by atoms with E-state index in [-0.39, 0.29) is 24.7 Å². The Morgan fingerprint density at radius 1 is 1.25 bits per heavy atom. The first kappa shape index (κ1) is 24.9. The minimum Gasteiger partial charge on any atom is -0.487 e. The SMILES string of the molecule is C=CCN(C)c1cc(F)cc2c1[nH]c1nc(C)nc(-c3ccc(OCC(O)CF)c(OCC#N)c3)c12. The topological polar surface area (TPSA) is 107 Å². The van der Waals surface area contributed by atoms with Crippen LogP contribution in [-0.2, 0) is 0 Å². The Morgan fingerprint density at radius 2 is 2.06 bits per heavy atom. The van der Waals surface area contributed by atoms with Crippen LogP contribution in [0.25, 0.3) is 33.2 Å². The smallest absolute Gasteiger partial charge is 0.174 e. The van der Waals surface area contributed by atoms with Gasteiger partial charge in [-0.25, -0.2) is 18.7 Å². The van der Waals surface area contributed by atoms with Gasteiger partial charge in [0, 0.05) is 24.5 Å². The highest BCUT2D eigenvalue weighted by Gasteiger charge is 2.20. The number of ether oxygens (including phenoxy) is 2. The van der Waals surface area contributed by atoms with Crippen LogP contribution in [0.3, 0.4) is 0 Å². The van der Waals surface area contributed by atoms with Crippen molar-refractivity contribution in [1.29, 1.82) is 5.26 Å². The third-order valence-electron chi connectivity index (χ3n) is 5.55. The Kier molecular flexibility index (Phi) is 7.31. The summed E-state index contributed by atoms with van der Waals surface area (Å²) in [6.45, 7) is 4.55. The zero-order valence-electron chi connectivity index (χ0n) is 19.9. The molecule has 4 aromatic rings. The Labute approximate surface area is 206 Å². The number of alkyl halides is 1. The Bertz CT molecular complexity index is 1460. The van der Waals surface area contributed by atoms with Crippen molar-refractivity contribution < 1.29 is 23.4 Å². The van der Waals surface area contributed by atoms with Gasteiger partial charge in [0.1, 0.15) is 42.7 Å². The minimum absolute atomic E-state index is 0.224. The summed E-state index contributed by atoms with van der Waals surface area (Å²) in [4.78, 5) is 14.4. The Morgan fingerprint density at radius 3 is 2.78 bits per heavy atom. The molecule has 0 aliphatic heterocycles. The molecule has 186 valence electrons. The summed E-state index contributed by atoms with van der Waals surface area (Å²) >= 11 is 0. The number of nitriles is 1. The molecule has 0 saturated heterocycles. The second kappa shape index (κ2) is 10.6. The van der Waals surface area contributed by atoms with Crippen LogP contribution in [-0.4, -0.2) is 59.6 Å². The standard InChI is InChI=1S/C26H25F2N5O3/c1-4-8-33(3)20-12-17(28)11-19-23-24(30-15(2)31-26(23)32-25(19)20)16-5-6-21(36-14-18(34)13-27)22(10-16)35-9-7-29/h4-6,10-12,18,34H,1,8-9,13-14H2,2-3H3,(H,30,31,32). The number of aliphatic hydroxyl groups is 1. The van der Waals surface area contributed by atoms with Gasteiger partial charge in [-0.3, -0.25) is 0 Å². The number of likely N-dealkylation sites (N-methyl/N-ethyl adjacent to an activating group) is 1. The van der Waals surface area contributed by atoms with E-state index in [1.807, 2.05) is 18.0 Å². The number of aromatic nitrogens is 3. The summed E-state index contributed by atoms with van der Waals surface area (Å²) in [5, 5.41) is 19.7. The van der Waals surface area contributed by atoms with Gasteiger partial charge < -0.3 is 24.5 Å². The van der Waals surface area contributed by atoms with Crippen molar-refractivity contribution in [2.24, 2.45) is 0 Å². The zero-order chi connectivity index (χ0) is 25.8. The van der Waals surface area contributed by atoms with Gasteiger partial charge in [-0.2, -0.15) is 5.26 Å². The molecule has 36 heavy (non-hydrogen) atoms. The summed E-state index contributed by atoms with van der Waals surface area (Å²) < 4.78 is 38.4. The highest BCUT2D eigenvalue weighted by molar-refractivity contribution is 6.15. The maximum absolute atomic E-state index is 14.7. The number of aliphatic hydroxyl groups excluding tert-OH is 1.